The Morgan fingerprint density at radius 2 is 2.00 bits per heavy atom. The van der Waals surface area contributed by atoms with E-state index in [0.29, 0.717) is 18.7 Å². The number of benzene rings is 1. The summed E-state index contributed by atoms with van der Waals surface area (Å²) < 4.78 is 14.7. The number of halogens is 2. The third kappa shape index (κ3) is 4.73. The van der Waals surface area contributed by atoms with E-state index in [2.05, 4.69) is 10.4 Å². The Morgan fingerprint density at radius 3 is 2.59 bits per heavy atom. The number of likely N-dealkylation sites (tertiary alicyclic amines) is 1. The highest BCUT2D eigenvalue weighted by molar-refractivity contribution is 5.98. The van der Waals surface area contributed by atoms with E-state index >= 15 is 0 Å². The molecule has 1 N–H and O–H groups in total. The average Bonchev–Trinajstić information content (AvgIpc) is 3.08. The number of aryl methyl sites for hydroxylation is 1. The normalized spacial score (nSPS) is 17.9. The summed E-state index contributed by atoms with van der Waals surface area (Å²) in [5.74, 6) is -0.720. The van der Waals surface area contributed by atoms with E-state index in [-0.39, 0.29) is 35.8 Å². The van der Waals surface area contributed by atoms with E-state index in [1.54, 1.807) is 29.9 Å². The Labute approximate surface area is 164 Å². The van der Waals surface area contributed by atoms with Crippen LogP contribution in [0, 0.1) is 11.7 Å². The third-order valence-electron chi connectivity index (χ3n) is 4.83. The van der Waals surface area contributed by atoms with Crippen LogP contribution in [0.2, 0.25) is 0 Å². The van der Waals surface area contributed by atoms with E-state index in [9.17, 15) is 14.0 Å². The Hall–Kier alpha value is -2.25. The summed E-state index contributed by atoms with van der Waals surface area (Å²) in [6.45, 7) is 1.01. The van der Waals surface area contributed by atoms with E-state index < -0.39 is 6.04 Å². The largest absolute Gasteiger partial charge is 0.340 e. The van der Waals surface area contributed by atoms with Gasteiger partial charge in [0, 0.05) is 43.4 Å². The molecule has 8 heteroatoms. The number of rotatable bonds is 5. The number of hydrogen-bond donors (Lipinski definition) is 1. The first-order valence-electron chi connectivity index (χ1n) is 8.74. The molecule has 0 aliphatic carbocycles. The second kappa shape index (κ2) is 9.10. The zero-order chi connectivity index (χ0) is 18.7. The molecule has 0 saturated carbocycles. The minimum absolute atomic E-state index is 0. The first-order valence-corrected chi connectivity index (χ1v) is 8.74. The molecule has 3 rings (SSSR count). The molecular weight excluding hydrogens is 371 g/mol. The summed E-state index contributed by atoms with van der Waals surface area (Å²) in [6, 6.07) is 5.11. The number of ketones is 1. The molecule has 0 spiro atoms. The monoisotopic (exact) mass is 394 g/mol. The minimum atomic E-state index is -0.483. The maximum absolute atomic E-state index is 13.1. The van der Waals surface area contributed by atoms with Gasteiger partial charge in [-0.3, -0.25) is 14.3 Å². The van der Waals surface area contributed by atoms with Gasteiger partial charge in [0.2, 0.25) is 5.91 Å². The van der Waals surface area contributed by atoms with Crippen LogP contribution in [0.15, 0.2) is 36.7 Å². The predicted molar refractivity (Wildman–Crippen MR) is 102 cm³/mol. The van der Waals surface area contributed by atoms with Gasteiger partial charge in [-0.2, -0.15) is 5.10 Å². The lowest BCUT2D eigenvalue weighted by Crippen LogP contribution is -2.46. The highest BCUT2D eigenvalue weighted by Gasteiger charge is 2.32. The second-order valence-corrected chi connectivity index (χ2v) is 6.66. The lowest BCUT2D eigenvalue weighted by molar-refractivity contribution is -0.135. The van der Waals surface area contributed by atoms with Crippen molar-refractivity contribution in [2.24, 2.45) is 13.0 Å². The smallest absolute Gasteiger partial charge is 0.244 e. The molecule has 27 heavy (non-hydrogen) atoms. The number of piperidine rings is 1. The van der Waals surface area contributed by atoms with Crippen molar-refractivity contribution in [3.8, 4) is 0 Å². The Balaban J connectivity index is 0.00000261. The predicted octanol–water partition coefficient (Wildman–Crippen LogP) is 2.36. The van der Waals surface area contributed by atoms with Crippen molar-refractivity contribution in [3.05, 3.63) is 53.6 Å². The van der Waals surface area contributed by atoms with Gasteiger partial charge in [0.15, 0.2) is 5.78 Å². The Morgan fingerprint density at radius 1 is 1.30 bits per heavy atom. The molecule has 2 aromatic rings. The SMILES string of the molecule is CNC(C(=O)N1CCCC(C(=O)c2ccc(F)cc2)C1)c1cnn(C)c1.Cl. The number of aromatic nitrogens is 2. The van der Waals surface area contributed by atoms with Crippen molar-refractivity contribution < 1.29 is 14.0 Å². The quantitative estimate of drug-likeness (QED) is 0.790. The van der Waals surface area contributed by atoms with Crippen LogP contribution in [0.4, 0.5) is 4.39 Å². The molecule has 1 aromatic carbocycles. The summed E-state index contributed by atoms with van der Waals surface area (Å²) in [4.78, 5) is 27.4. The molecule has 1 aliphatic heterocycles. The molecule has 6 nitrogen and oxygen atoms in total. The van der Waals surface area contributed by atoms with E-state index in [1.807, 2.05) is 6.20 Å². The number of likely N-dealkylation sites (N-methyl/N-ethyl adjacent to an activating group) is 1. The van der Waals surface area contributed by atoms with Crippen LogP contribution in [-0.2, 0) is 11.8 Å². The zero-order valence-corrected chi connectivity index (χ0v) is 16.2. The van der Waals surface area contributed by atoms with Crippen molar-refractivity contribution in [3.63, 3.8) is 0 Å². The molecule has 1 saturated heterocycles. The minimum Gasteiger partial charge on any atom is -0.340 e. The zero-order valence-electron chi connectivity index (χ0n) is 15.4. The number of carbonyl (C=O) groups is 2. The van der Waals surface area contributed by atoms with Crippen LogP contribution in [0.5, 0.6) is 0 Å². The molecule has 1 fully saturated rings. The van der Waals surface area contributed by atoms with Gasteiger partial charge in [-0.05, 0) is 44.2 Å². The maximum Gasteiger partial charge on any atom is 0.244 e. The summed E-state index contributed by atoms with van der Waals surface area (Å²) in [5, 5.41) is 7.16. The van der Waals surface area contributed by atoms with Gasteiger partial charge >= 0.3 is 0 Å². The molecule has 1 aromatic heterocycles. The van der Waals surface area contributed by atoms with Crippen LogP contribution in [-0.4, -0.2) is 46.5 Å². The van der Waals surface area contributed by atoms with Gasteiger partial charge in [0.25, 0.3) is 0 Å². The lowest BCUT2D eigenvalue weighted by Gasteiger charge is -2.34. The number of carbonyl (C=O) groups excluding carboxylic acids is 2. The average molecular weight is 395 g/mol. The fourth-order valence-electron chi connectivity index (χ4n) is 3.45. The number of amides is 1. The summed E-state index contributed by atoms with van der Waals surface area (Å²) in [6.07, 6.45) is 4.98. The van der Waals surface area contributed by atoms with Crippen LogP contribution >= 0.6 is 12.4 Å². The Bertz CT molecular complexity index is 793. The maximum atomic E-state index is 13.1. The second-order valence-electron chi connectivity index (χ2n) is 6.66. The van der Waals surface area contributed by atoms with E-state index in [1.165, 1.54) is 24.3 Å². The number of nitrogens with one attached hydrogen (secondary N) is 1. The summed E-state index contributed by atoms with van der Waals surface area (Å²) in [5.41, 5.74) is 1.29. The van der Waals surface area contributed by atoms with Crippen LogP contribution in [0.1, 0.15) is 34.8 Å². The molecule has 146 valence electrons. The van der Waals surface area contributed by atoms with Gasteiger partial charge in [-0.25, -0.2) is 4.39 Å². The van der Waals surface area contributed by atoms with Crippen molar-refractivity contribution in [2.45, 2.75) is 18.9 Å². The molecule has 2 unspecified atom stereocenters. The van der Waals surface area contributed by atoms with Crippen molar-refractivity contribution in [2.75, 3.05) is 20.1 Å². The third-order valence-corrected chi connectivity index (χ3v) is 4.83. The highest BCUT2D eigenvalue weighted by atomic mass is 35.5. The standard InChI is InChI=1S/C19H23FN4O2.ClH/c1-21-17(15-10-22-23(2)11-15)19(26)24-9-3-4-14(12-24)18(25)13-5-7-16(20)8-6-13;/h5-8,10-11,14,17,21H,3-4,9,12H2,1-2H3;1H. The molecule has 0 radical (unpaired) electrons. The fourth-order valence-corrected chi connectivity index (χ4v) is 3.45. The fraction of sp³-hybridized carbons (Fsp3) is 0.421. The molecule has 0 bridgehead atoms. The summed E-state index contributed by atoms with van der Waals surface area (Å²) >= 11 is 0. The Kier molecular flexibility index (Phi) is 7.10. The molecular formula is C19H24ClFN4O2. The highest BCUT2D eigenvalue weighted by Crippen LogP contribution is 2.24. The molecule has 2 atom stereocenters. The molecule has 1 aliphatic rings. The lowest BCUT2D eigenvalue weighted by atomic mass is 9.89. The summed E-state index contributed by atoms with van der Waals surface area (Å²) in [7, 11) is 3.54. The number of nitrogens with zero attached hydrogens (tertiary/aromatic N) is 3. The number of Topliss-reactive ketones (excluding diaryl/α,β-unsaturated/α-hetero) is 1. The van der Waals surface area contributed by atoms with Crippen molar-refractivity contribution >= 4 is 24.1 Å². The van der Waals surface area contributed by atoms with Gasteiger partial charge in [-0.15, -0.1) is 12.4 Å². The van der Waals surface area contributed by atoms with E-state index in [0.717, 1.165) is 18.4 Å². The molecule has 1 amide bonds. The topological polar surface area (TPSA) is 67.2 Å². The van der Waals surface area contributed by atoms with Gasteiger partial charge in [0.1, 0.15) is 11.9 Å². The van der Waals surface area contributed by atoms with Gasteiger partial charge in [-0.1, -0.05) is 0 Å². The van der Waals surface area contributed by atoms with Crippen molar-refractivity contribution in [1.29, 1.82) is 0 Å². The molecule has 2 heterocycles. The van der Waals surface area contributed by atoms with Gasteiger partial charge in [0.05, 0.1) is 6.20 Å². The van der Waals surface area contributed by atoms with E-state index in [4.69, 9.17) is 0 Å². The van der Waals surface area contributed by atoms with Crippen molar-refractivity contribution in [1.82, 2.24) is 20.0 Å². The van der Waals surface area contributed by atoms with Crippen LogP contribution in [0.3, 0.4) is 0 Å². The first kappa shape index (κ1) is 21.1. The first-order chi connectivity index (χ1) is 12.5. The number of hydrogen-bond acceptors (Lipinski definition) is 4. The van der Waals surface area contributed by atoms with Crippen LogP contribution < -0.4 is 5.32 Å². The van der Waals surface area contributed by atoms with Crippen LogP contribution in [0.25, 0.3) is 0 Å². The van der Waals surface area contributed by atoms with Gasteiger partial charge < -0.3 is 10.2 Å².